The van der Waals surface area contributed by atoms with Crippen LogP contribution in [-0.4, -0.2) is 51.4 Å². The van der Waals surface area contributed by atoms with Crippen LogP contribution in [0.4, 0.5) is 0 Å². The minimum atomic E-state index is -0.0177. The van der Waals surface area contributed by atoms with E-state index in [0.29, 0.717) is 23.9 Å². The lowest BCUT2D eigenvalue weighted by Crippen LogP contribution is -2.39. The van der Waals surface area contributed by atoms with E-state index in [1.165, 1.54) is 11.3 Å². The van der Waals surface area contributed by atoms with Gasteiger partial charge in [0.15, 0.2) is 0 Å². The first-order valence-corrected chi connectivity index (χ1v) is 9.71. The van der Waals surface area contributed by atoms with E-state index in [1.807, 2.05) is 35.4 Å². The van der Waals surface area contributed by atoms with E-state index in [4.69, 9.17) is 4.74 Å². The highest BCUT2D eigenvalue weighted by Crippen LogP contribution is 2.31. The van der Waals surface area contributed by atoms with E-state index in [1.54, 1.807) is 13.2 Å². The van der Waals surface area contributed by atoms with E-state index in [2.05, 4.69) is 27.3 Å². The number of methoxy groups -OCH3 is 1. The van der Waals surface area contributed by atoms with Gasteiger partial charge >= 0.3 is 0 Å². The Hall–Kier alpha value is -3.09. The number of nitrogens with one attached hydrogen (secondary N) is 2. The molecule has 3 aromatic rings. The number of nitrogens with zero attached hydrogens (tertiary/aromatic N) is 3. The van der Waals surface area contributed by atoms with Crippen molar-refractivity contribution in [1.82, 2.24) is 25.3 Å². The van der Waals surface area contributed by atoms with Gasteiger partial charge in [0.2, 0.25) is 0 Å². The summed E-state index contributed by atoms with van der Waals surface area (Å²) < 4.78 is 5.40. The van der Waals surface area contributed by atoms with Crippen molar-refractivity contribution in [2.75, 3.05) is 20.2 Å². The first-order chi connectivity index (χ1) is 13.7. The number of hydrogen-bond donors (Lipinski definition) is 2. The summed E-state index contributed by atoms with van der Waals surface area (Å²) in [6.07, 6.45) is 4.88. The Morgan fingerprint density at radius 1 is 1.32 bits per heavy atom. The number of aromatic nitrogens is 4. The van der Waals surface area contributed by atoms with Crippen LogP contribution in [0.25, 0.3) is 11.3 Å². The molecule has 0 bridgehead atoms. The number of para-hydroxylation sites is 1. The lowest BCUT2D eigenvalue weighted by molar-refractivity contribution is 0.0699. The second-order valence-electron chi connectivity index (χ2n) is 7.12. The van der Waals surface area contributed by atoms with Crippen LogP contribution < -0.4 is 4.74 Å². The maximum Gasteiger partial charge on any atom is 0.271 e. The van der Waals surface area contributed by atoms with Gasteiger partial charge in [-0.25, -0.2) is 0 Å². The molecule has 0 saturated carbocycles. The SMILES string of the molecule is CCc1cn[nH]c1[C@H]1CCCN(C(=O)c2cc(-c3ccccc3OC)n[nH]2)C1. The van der Waals surface area contributed by atoms with Crippen LogP contribution in [0.15, 0.2) is 36.5 Å². The smallest absolute Gasteiger partial charge is 0.271 e. The van der Waals surface area contributed by atoms with Crippen LogP contribution >= 0.6 is 0 Å². The van der Waals surface area contributed by atoms with Crippen molar-refractivity contribution in [1.29, 1.82) is 0 Å². The average molecular weight is 379 g/mol. The lowest BCUT2D eigenvalue weighted by Gasteiger charge is -2.32. The van der Waals surface area contributed by atoms with Crippen molar-refractivity contribution < 1.29 is 9.53 Å². The molecule has 1 fully saturated rings. The van der Waals surface area contributed by atoms with Gasteiger partial charge in [0.1, 0.15) is 11.4 Å². The number of ether oxygens (including phenoxy) is 1. The number of H-pyrrole nitrogens is 2. The number of rotatable bonds is 5. The molecule has 28 heavy (non-hydrogen) atoms. The van der Waals surface area contributed by atoms with E-state index in [0.717, 1.165) is 37.1 Å². The minimum absolute atomic E-state index is 0.0177. The summed E-state index contributed by atoms with van der Waals surface area (Å²) in [6, 6.07) is 9.46. The highest BCUT2D eigenvalue weighted by atomic mass is 16.5. The van der Waals surface area contributed by atoms with Crippen molar-refractivity contribution in [2.45, 2.75) is 32.1 Å². The van der Waals surface area contributed by atoms with Gasteiger partial charge in [0.25, 0.3) is 5.91 Å². The largest absolute Gasteiger partial charge is 0.496 e. The summed E-state index contributed by atoms with van der Waals surface area (Å²) in [4.78, 5) is 15.0. The molecular formula is C21H25N5O2. The molecule has 1 aromatic carbocycles. The van der Waals surface area contributed by atoms with E-state index in [9.17, 15) is 4.79 Å². The summed E-state index contributed by atoms with van der Waals surface area (Å²) in [5, 5.41) is 14.6. The van der Waals surface area contributed by atoms with Gasteiger partial charge in [0.05, 0.1) is 19.0 Å². The molecule has 146 valence electrons. The van der Waals surface area contributed by atoms with E-state index in [-0.39, 0.29) is 5.91 Å². The fraction of sp³-hybridized carbons (Fsp3) is 0.381. The second kappa shape index (κ2) is 7.88. The van der Waals surface area contributed by atoms with Crippen molar-refractivity contribution in [3.05, 3.63) is 53.5 Å². The Morgan fingerprint density at radius 3 is 3.00 bits per heavy atom. The molecule has 4 rings (SSSR count). The maximum absolute atomic E-state index is 13.1. The Kier molecular flexibility index (Phi) is 5.14. The quantitative estimate of drug-likeness (QED) is 0.711. The van der Waals surface area contributed by atoms with Crippen molar-refractivity contribution in [3.8, 4) is 17.0 Å². The van der Waals surface area contributed by atoms with Gasteiger partial charge in [-0.1, -0.05) is 19.1 Å². The van der Waals surface area contributed by atoms with E-state index < -0.39 is 0 Å². The summed E-state index contributed by atoms with van der Waals surface area (Å²) in [5.41, 5.74) is 4.47. The molecule has 0 radical (unpaired) electrons. The molecule has 0 aliphatic carbocycles. The average Bonchev–Trinajstić information content (AvgIpc) is 3.43. The number of benzene rings is 1. The number of carbonyl (C=O) groups is 1. The Bertz CT molecular complexity index is 961. The molecule has 1 aliphatic heterocycles. The Morgan fingerprint density at radius 2 is 2.18 bits per heavy atom. The van der Waals surface area contributed by atoms with Crippen LogP contribution in [0.2, 0.25) is 0 Å². The monoisotopic (exact) mass is 379 g/mol. The first kappa shape index (κ1) is 18.3. The molecule has 0 unspecified atom stereocenters. The zero-order chi connectivity index (χ0) is 19.5. The number of aryl methyl sites for hydroxylation is 1. The number of amides is 1. The van der Waals surface area contributed by atoms with Crippen molar-refractivity contribution in [2.24, 2.45) is 0 Å². The third-order valence-corrected chi connectivity index (χ3v) is 5.44. The zero-order valence-electron chi connectivity index (χ0n) is 16.2. The summed E-state index contributed by atoms with van der Waals surface area (Å²) >= 11 is 0. The number of hydrogen-bond acceptors (Lipinski definition) is 4. The fourth-order valence-corrected chi connectivity index (χ4v) is 3.95. The molecule has 3 heterocycles. The maximum atomic E-state index is 13.1. The van der Waals surface area contributed by atoms with Gasteiger partial charge in [-0.05, 0) is 43.0 Å². The van der Waals surface area contributed by atoms with Crippen LogP contribution in [0.3, 0.4) is 0 Å². The molecule has 0 spiro atoms. The highest BCUT2D eigenvalue weighted by Gasteiger charge is 2.28. The lowest BCUT2D eigenvalue weighted by atomic mass is 9.92. The number of likely N-dealkylation sites (tertiary alicyclic amines) is 1. The standard InChI is InChI=1S/C21H25N5O2/c1-3-14-12-22-25-20(14)15-7-6-10-26(13-15)21(27)18-11-17(23-24-18)16-8-4-5-9-19(16)28-2/h4-5,8-9,11-12,15H,3,6-7,10,13H2,1-2H3,(H,22,25)(H,23,24)/t15-/m0/s1. The summed E-state index contributed by atoms with van der Waals surface area (Å²) in [5.74, 6) is 1.01. The van der Waals surface area contributed by atoms with E-state index >= 15 is 0 Å². The van der Waals surface area contributed by atoms with Crippen LogP contribution in [0, 0.1) is 0 Å². The van der Waals surface area contributed by atoms with Crippen molar-refractivity contribution >= 4 is 5.91 Å². The van der Waals surface area contributed by atoms with Gasteiger partial charge in [-0.3, -0.25) is 15.0 Å². The van der Waals surface area contributed by atoms with Gasteiger partial charge in [-0.2, -0.15) is 10.2 Å². The molecule has 1 amide bonds. The normalized spacial score (nSPS) is 16.9. The predicted molar refractivity (Wildman–Crippen MR) is 106 cm³/mol. The number of aromatic amines is 2. The Labute approximate surface area is 164 Å². The van der Waals surface area contributed by atoms with Crippen molar-refractivity contribution in [3.63, 3.8) is 0 Å². The third-order valence-electron chi connectivity index (χ3n) is 5.44. The number of piperidine rings is 1. The summed E-state index contributed by atoms with van der Waals surface area (Å²) in [6.45, 7) is 3.58. The number of carbonyl (C=O) groups excluding carboxylic acids is 1. The molecule has 2 N–H and O–H groups in total. The molecule has 1 aliphatic rings. The predicted octanol–water partition coefficient (Wildman–Crippen LogP) is 3.39. The third kappa shape index (κ3) is 3.40. The molecule has 2 aromatic heterocycles. The minimum Gasteiger partial charge on any atom is -0.496 e. The molecule has 1 saturated heterocycles. The molecule has 7 heteroatoms. The van der Waals surface area contributed by atoms with Crippen LogP contribution in [-0.2, 0) is 6.42 Å². The Balaban J connectivity index is 1.52. The molecule has 7 nitrogen and oxygen atoms in total. The summed E-state index contributed by atoms with van der Waals surface area (Å²) in [7, 11) is 1.63. The van der Waals surface area contributed by atoms with Gasteiger partial charge in [-0.15, -0.1) is 0 Å². The topological polar surface area (TPSA) is 86.9 Å². The second-order valence-corrected chi connectivity index (χ2v) is 7.12. The fourth-order valence-electron chi connectivity index (χ4n) is 3.95. The first-order valence-electron chi connectivity index (χ1n) is 9.71. The van der Waals surface area contributed by atoms with Gasteiger partial charge in [0, 0.05) is 30.3 Å². The van der Waals surface area contributed by atoms with Crippen LogP contribution in [0.5, 0.6) is 5.75 Å². The van der Waals surface area contributed by atoms with Crippen LogP contribution in [0.1, 0.15) is 47.4 Å². The zero-order valence-corrected chi connectivity index (χ0v) is 16.2. The van der Waals surface area contributed by atoms with Gasteiger partial charge < -0.3 is 9.64 Å². The molecular weight excluding hydrogens is 354 g/mol. The highest BCUT2D eigenvalue weighted by molar-refractivity contribution is 5.93. The molecule has 1 atom stereocenters.